The van der Waals surface area contributed by atoms with Crippen LogP contribution in [0.1, 0.15) is 12.5 Å². The van der Waals surface area contributed by atoms with Crippen LogP contribution in [0.3, 0.4) is 0 Å². The molecule has 2 rings (SSSR count). The van der Waals surface area contributed by atoms with E-state index < -0.39 is 0 Å². The minimum absolute atomic E-state index is 0.965. The maximum Gasteiger partial charge on any atom is 0.0709 e. The maximum absolute atomic E-state index is 4.54. The summed E-state index contributed by atoms with van der Waals surface area (Å²) in [6, 6.07) is 8.33. The molecule has 0 aliphatic carbocycles. The Kier molecular flexibility index (Phi) is 2.30. The third-order valence-corrected chi connectivity index (χ3v) is 2.43. The number of hydrogen-bond donors (Lipinski definition) is 0. The molecule has 0 bridgehead atoms. The standard InChI is InChI=1S/C12H15N2/c1-9-11(8-14(2)3)10-6-4-5-7-12(10)13-9/h4-7H,8H2,1-3H3. The van der Waals surface area contributed by atoms with E-state index in [1.165, 1.54) is 11.1 Å². The molecular weight excluding hydrogens is 172 g/mol. The van der Waals surface area contributed by atoms with E-state index in [0.717, 1.165) is 17.9 Å². The van der Waals surface area contributed by atoms with Gasteiger partial charge in [0.2, 0.25) is 0 Å². The summed E-state index contributed by atoms with van der Waals surface area (Å²) in [6.07, 6.45) is 0. The third-order valence-electron chi connectivity index (χ3n) is 2.43. The average molecular weight is 187 g/mol. The fraction of sp³-hybridized carbons (Fsp3) is 0.333. The Morgan fingerprint density at radius 3 is 2.64 bits per heavy atom. The van der Waals surface area contributed by atoms with Crippen LogP contribution in [-0.2, 0) is 0 Å². The zero-order valence-corrected chi connectivity index (χ0v) is 8.91. The van der Waals surface area contributed by atoms with Crippen LogP contribution < -0.4 is 5.32 Å². The summed E-state index contributed by atoms with van der Waals surface area (Å²) >= 11 is 0. The van der Waals surface area contributed by atoms with Crippen LogP contribution in [0.4, 0.5) is 5.69 Å². The van der Waals surface area contributed by atoms with Crippen LogP contribution in [0.2, 0.25) is 0 Å². The Bertz CT molecular complexity index is 378. The molecule has 1 aliphatic rings. The summed E-state index contributed by atoms with van der Waals surface area (Å²) in [5, 5.41) is 4.54. The molecule has 1 radical (unpaired) electrons. The lowest BCUT2D eigenvalue weighted by atomic mass is 10.1. The normalized spacial score (nSPS) is 14.6. The molecule has 1 heterocycles. The van der Waals surface area contributed by atoms with E-state index in [0.29, 0.717) is 0 Å². The molecule has 73 valence electrons. The van der Waals surface area contributed by atoms with Crippen molar-refractivity contribution in [2.24, 2.45) is 0 Å². The van der Waals surface area contributed by atoms with Gasteiger partial charge in [0, 0.05) is 17.8 Å². The van der Waals surface area contributed by atoms with Crippen LogP contribution >= 0.6 is 0 Å². The van der Waals surface area contributed by atoms with E-state index >= 15 is 0 Å². The second-order valence-electron chi connectivity index (χ2n) is 3.93. The van der Waals surface area contributed by atoms with Gasteiger partial charge >= 0.3 is 0 Å². The van der Waals surface area contributed by atoms with Crippen LogP contribution in [0.15, 0.2) is 30.0 Å². The largest absolute Gasteiger partial charge is 0.305 e. The summed E-state index contributed by atoms with van der Waals surface area (Å²) in [4.78, 5) is 2.18. The Morgan fingerprint density at radius 1 is 1.21 bits per heavy atom. The minimum Gasteiger partial charge on any atom is -0.305 e. The number of fused-ring (bicyclic) bond motifs is 1. The van der Waals surface area contributed by atoms with Gasteiger partial charge in [-0.05, 0) is 32.7 Å². The summed E-state index contributed by atoms with van der Waals surface area (Å²) in [5.41, 5.74) is 4.91. The molecular formula is C12H15N2. The Hall–Kier alpha value is -1.28. The fourth-order valence-corrected chi connectivity index (χ4v) is 1.79. The molecule has 0 aromatic heterocycles. The number of benzene rings is 1. The van der Waals surface area contributed by atoms with Gasteiger partial charge in [-0.15, -0.1) is 0 Å². The fourth-order valence-electron chi connectivity index (χ4n) is 1.79. The first-order chi connectivity index (χ1) is 6.68. The molecule has 0 amide bonds. The van der Waals surface area contributed by atoms with Gasteiger partial charge in [0.05, 0.1) is 5.69 Å². The summed E-state index contributed by atoms with van der Waals surface area (Å²) in [5.74, 6) is 0. The third kappa shape index (κ3) is 1.53. The van der Waals surface area contributed by atoms with Crippen LogP contribution in [0.5, 0.6) is 0 Å². The van der Waals surface area contributed by atoms with Gasteiger partial charge < -0.3 is 4.90 Å². The van der Waals surface area contributed by atoms with Crippen LogP contribution in [0.25, 0.3) is 5.57 Å². The highest BCUT2D eigenvalue weighted by atomic mass is 15.1. The molecule has 1 aromatic rings. The molecule has 0 unspecified atom stereocenters. The molecule has 0 N–H and O–H groups in total. The number of rotatable bonds is 2. The van der Waals surface area contributed by atoms with Crippen LogP contribution in [-0.4, -0.2) is 25.5 Å². The van der Waals surface area contributed by atoms with Crippen molar-refractivity contribution in [2.45, 2.75) is 6.92 Å². The first-order valence-corrected chi connectivity index (χ1v) is 4.84. The van der Waals surface area contributed by atoms with Gasteiger partial charge in [0.15, 0.2) is 0 Å². The molecule has 2 nitrogen and oxygen atoms in total. The predicted molar refractivity (Wildman–Crippen MR) is 59.4 cm³/mol. The van der Waals surface area contributed by atoms with Crippen molar-refractivity contribution in [3.8, 4) is 0 Å². The topological polar surface area (TPSA) is 17.3 Å². The second kappa shape index (κ2) is 3.46. The van der Waals surface area contributed by atoms with Gasteiger partial charge in [0.25, 0.3) is 0 Å². The highest BCUT2D eigenvalue weighted by Gasteiger charge is 2.19. The molecule has 0 atom stereocenters. The van der Waals surface area contributed by atoms with Crippen molar-refractivity contribution in [1.29, 1.82) is 0 Å². The van der Waals surface area contributed by atoms with Gasteiger partial charge in [-0.25, -0.2) is 0 Å². The smallest absolute Gasteiger partial charge is 0.0709 e. The zero-order chi connectivity index (χ0) is 10.1. The summed E-state index contributed by atoms with van der Waals surface area (Å²) < 4.78 is 0. The molecule has 0 fully saturated rings. The first kappa shape index (κ1) is 9.28. The molecule has 0 saturated carbocycles. The van der Waals surface area contributed by atoms with Crippen molar-refractivity contribution >= 4 is 11.3 Å². The second-order valence-corrected chi connectivity index (χ2v) is 3.93. The lowest BCUT2D eigenvalue weighted by Gasteiger charge is -2.11. The van der Waals surface area contributed by atoms with E-state index in [4.69, 9.17) is 0 Å². The number of allylic oxidation sites excluding steroid dienone is 1. The highest BCUT2D eigenvalue weighted by Crippen LogP contribution is 2.33. The number of nitrogens with zero attached hydrogens (tertiary/aromatic N) is 2. The Morgan fingerprint density at radius 2 is 1.93 bits per heavy atom. The molecule has 0 spiro atoms. The van der Waals surface area contributed by atoms with E-state index in [1.807, 2.05) is 6.07 Å². The van der Waals surface area contributed by atoms with E-state index in [9.17, 15) is 0 Å². The van der Waals surface area contributed by atoms with Crippen molar-refractivity contribution < 1.29 is 0 Å². The first-order valence-electron chi connectivity index (χ1n) is 4.84. The molecule has 1 aliphatic heterocycles. The lowest BCUT2D eigenvalue weighted by Crippen LogP contribution is -2.14. The molecule has 2 heteroatoms. The van der Waals surface area contributed by atoms with E-state index in [-0.39, 0.29) is 0 Å². The Balaban J connectivity index is 2.36. The van der Waals surface area contributed by atoms with E-state index in [1.54, 1.807) is 0 Å². The van der Waals surface area contributed by atoms with Crippen LogP contribution in [0, 0.1) is 0 Å². The lowest BCUT2D eigenvalue weighted by molar-refractivity contribution is 0.462. The van der Waals surface area contributed by atoms with Crippen molar-refractivity contribution in [1.82, 2.24) is 10.2 Å². The number of likely N-dealkylation sites (N-methyl/N-ethyl adjacent to an activating group) is 1. The highest BCUT2D eigenvalue weighted by molar-refractivity contribution is 5.82. The van der Waals surface area contributed by atoms with Gasteiger partial charge in [-0.2, -0.15) is 0 Å². The Labute approximate surface area is 85.2 Å². The zero-order valence-electron chi connectivity index (χ0n) is 8.91. The average Bonchev–Trinajstić information content (AvgIpc) is 2.43. The van der Waals surface area contributed by atoms with E-state index in [2.05, 4.69) is 49.4 Å². The van der Waals surface area contributed by atoms with Gasteiger partial charge in [-0.3, -0.25) is 5.32 Å². The SMILES string of the molecule is CC1=C(CN(C)C)c2ccccc2[N]1. The molecule has 14 heavy (non-hydrogen) atoms. The van der Waals surface area contributed by atoms with Gasteiger partial charge in [-0.1, -0.05) is 18.2 Å². The van der Waals surface area contributed by atoms with Crippen molar-refractivity contribution in [3.63, 3.8) is 0 Å². The van der Waals surface area contributed by atoms with Crippen molar-refractivity contribution in [3.05, 3.63) is 35.5 Å². The number of para-hydroxylation sites is 1. The monoisotopic (exact) mass is 187 g/mol. The molecule has 0 saturated heterocycles. The van der Waals surface area contributed by atoms with Crippen molar-refractivity contribution in [2.75, 3.05) is 20.6 Å². The molecule has 1 aromatic carbocycles. The number of hydrogen-bond acceptors (Lipinski definition) is 1. The quantitative estimate of drug-likeness (QED) is 0.694. The minimum atomic E-state index is 0.965. The summed E-state index contributed by atoms with van der Waals surface area (Å²) in [6.45, 7) is 3.05. The van der Waals surface area contributed by atoms with Gasteiger partial charge in [0.1, 0.15) is 0 Å². The maximum atomic E-state index is 4.54. The summed E-state index contributed by atoms with van der Waals surface area (Å²) in [7, 11) is 4.17. The predicted octanol–water partition coefficient (Wildman–Crippen LogP) is 2.23.